The number of likely N-dealkylation sites (tertiary alicyclic amines) is 1. The summed E-state index contributed by atoms with van der Waals surface area (Å²) in [4.78, 5) is 49.4. The normalized spacial score (nSPS) is 20.5. The number of benzene rings is 1. The maximum atomic E-state index is 18.0. The van der Waals surface area contributed by atoms with Gasteiger partial charge < -0.3 is 28.9 Å². The molecule has 0 saturated carbocycles. The Balaban J connectivity index is 1.31. The molecule has 2 amide bonds. The van der Waals surface area contributed by atoms with Crippen LogP contribution in [0, 0.1) is 23.0 Å². The first-order chi connectivity index (χ1) is 28.0. The number of carbonyl (C=O) groups is 2. The highest BCUT2D eigenvalue weighted by Crippen LogP contribution is 2.49. The van der Waals surface area contributed by atoms with Gasteiger partial charge in [0.2, 0.25) is 5.95 Å². The summed E-state index contributed by atoms with van der Waals surface area (Å²) in [7, 11) is 0. The molecular formula is C42H51F2N9O5S. The molecule has 8 rings (SSSR count). The van der Waals surface area contributed by atoms with Gasteiger partial charge in [-0.25, -0.2) is 23.4 Å². The Bertz CT molecular complexity index is 2370. The van der Waals surface area contributed by atoms with Crippen molar-refractivity contribution in [2.24, 2.45) is 0 Å². The smallest absolute Gasteiger partial charge is 0.412 e. The molecule has 0 spiro atoms. The van der Waals surface area contributed by atoms with Gasteiger partial charge >= 0.3 is 12.2 Å². The fraction of sp³-hybridized carbons (Fsp3) is 0.571. The summed E-state index contributed by atoms with van der Waals surface area (Å²) >= 11 is 0.857. The number of fused-ring (bicyclic) bond motifs is 6. The van der Waals surface area contributed by atoms with Crippen molar-refractivity contribution < 1.29 is 32.6 Å². The quantitative estimate of drug-likeness (QED) is 0.193. The Kier molecular flexibility index (Phi) is 10.6. The van der Waals surface area contributed by atoms with Crippen molar-refractivity contribution in [1.29, 1.82) is 5.26 Å². The molecule has 2 unspecified atom stereocenters. The second-order valence-electron chi connectivity index (χ2n) is 17.7. The molecular weight excluding hydrogens is 781 g/mol. The number of hydrogen-bond acceptors (Lipinski definition) is 13. The Labute approximate surface area is 346 Å². The Morgan fingerprint density at radius 1 is 0.983 bits per heavy atom. The molecule has 14 nitrogen and oxygen atoms in total. The highest BCUT2D eigenvalue weighted by molar-refractivity contribution is 7.23. The van der Waals surface area contributed by atoms with E-state index in [1.54, 1.807) is 25.7 Å². The number of anilines is 3. The van der Waals surface area contributed by atoms with Crippen molar-refractivity contribution in [3.8, 4) is 17.3 Å². The summed E-state index contributed by atoms with van der Waals surface area (Å²) < 4.78 is 50.9. The number of amides is 2. The van der Waals surface area contributed by atoms with Gasteiger partial charge in [0.15, 0.2) is 11.6 Å². The monoisotopic (exact) mass is 831 g/mol. The summed E-state index contributed by atoms with van der Waals surface area (Å²) in [5, 5.41) is 13.7. The second kappa shape index (κ2) is 15.3. The van der Waals surface area contributed by atoms with E-state index in [9.17, 15) is 14.9 Å². The van der Waals surface area contributed by atoms with E-state index in [2.05, 4.69) is 44.9 Å². The summed E-state index contributed by atoms with van der Waals surface area (Å²) in [6.07, 6.45) is 2.35. The first kappa shape index (κ1) is 40.8. The van der Waals surface area contributed by atoms with E-state index in [1.165, 1.54) is 0 Å². The maximum absolute atomic E-state index is 18.0. The van der Waals surface area contributed by atoms with Crippen LogP contribution in [0.1, 0.15) is 91.3 Å². The minimum atomic E-state index is -0.827. The van der Waals surface area contributed by atoms with Crippen LogP contribution < -0.4 is 15.1 Å². The van der Waals surface area contributed by atoms with E-state index in [1.807, 2.05) is 20.8 Å². The predicted molar refractivity (Wildman–Crippen MR) is 222 cm³/mol. The van der Waals surface area contributed by atoms with Crippen LogP contribution in [0.15, 0.2) is 6.20 Å². The van der Waals surface area contributed by atoms with E-state index < -0.39 is 28.9 Å². The maximum Gasteiger partial charge on any atom is 0.412 e. The molecule has 7 heterocycles. The molecule has 3 aromatic heterocycles. The first-order valence-electron chi connectivity index (χ1n) is 20.4. The van der Waals surface area contributed by atoms with Crippen LogP contribution in [-0.2, 0) is 27.4 Å². The molecule has 4 aromatic rings. The van der Waals surface area contributed by atoms with Crippen LogP contribution in [0.25, 0.3) is 32.2 Å². The summed E-state index contributed by atoms with van der Waals surface area (Å²) in [5.74, 6) is -0.421. The number of aromatic nitrogens is 3. The molecule has 3 atom stereocenters. The fourth-order valence-corrected chi connectivity index (χ4v) is 10.2. The molecule has 3 fully saturated rings. The zero-order chi connectivity index (χ0) is 42.1. The molecule has 59 heavy (non-hydrogen) atoms. The van der Waals surface area contributed by atoms with Crippen molar-refractivity contribution >= 4 is 61.3 Å². The van der Waals surface area contributed by atoms with Gasteiger partial charge in [0.1, 0.15) is 33.6 Å². The van der Waals surface area contributed by atoms with Gasteiger partial charge in [-0.3, -0.25) is 15.2 Å². The number of nitrogens with zero attached hydrogens (tertiary/aromatic N) is 8. The van der Waals surface area contributed by atoms with Crippen molar-refractivity contribution in [1.82, 2.24) is 24.8 Å². The second-order valence-corrected chi connectivity index (χ2v) is 18.7. The summed E-state index contributed by atoms with van der Waals surface area (Å²) in [5.41, 5.74) is -0.157. The highest BCUT2D eigenvalue weighted by Gasteiger charge is 2.45. The van der Waals surface area contributed by atoms with Crippen LogP contribution in [-0.4, -0.2) is 106 Å². The topological polar surface area (TPSA) is 149 Å². The van der Waals surface area contributed by atoms with Crippen LogP contribution in [0.5, 0.6) is 0 Å². The van der Waals surface area contributed by atoms with Crippen molar-refractivity contribution in [3.05, 3.63) is 34.5 Å². The number of pyridine rings is 1. The lowest BCUT2D eigenvalue weighted by atomic mass is 9.93. The number of piperazine rings is 1. The zero-order valence-corrected chi connectivity index (χ0v) is 35.7. The fourth-order valence-electron chi connectivity index (χ4n) is 9.11. The molecule has 0 radical (unpaired) electrons. The van der Waals surface area contributed by atoms with Gasteiger partial charge in [0.25, 0.3) is 0 Å². The molecule has 1 N–H and O–H groups in total. The molecule has 0 aliphatic carbocycles. The Hall–Kier alpha value is -4.92. The first-order valence-corrected chi connectivity index (χ1v) is 21.2. The van der Waals surface area contributed by atoms with E-state index in [4.69, 9.17) is 24.2 Å². The average Bonchev–Trinajstić information content (AvgIpc) is 3.96. The lowest BCUT2D eigenvalue weighted by Gasteiger charge is -2.42. The van der Waals surface area contributed by atoms with E-state index >= 15 is 8.78 Å². The highest BCUT2D eigenvalue weighted by atomic mass is 32.1. The third kappa shape index (κ3) is 7.48. The van der Waals surface area contributed by atoms with Gasteiger partial charge in [-0.15, -0.1) is 11.3 Å². The number of hydrogen-bond donors (Lipinski definition) is 1. The number of rotatable bonds is 7. The average molecular weight is 832 g/mol. The van der Waals surface area contributed by atoms with Crippen LogP contribution >= 0.6 is 11.3 Å². The van der Waals surface area contributed by atoms with Crippen molar-refractivity contribution in [2.45, 2.75) is 117 Å². The Morgan fingerprint density at radius 3 is 2.31 bits per heavy atom. The predicted octanol–water partition coefficient (Wildman–Crippen LogP) is 7.94. The molecule has 314 valence electrons. The minimum Gasteiger partial charge on any atom is -0.444 e. The minimum absolute atomic E-state index is 0.0330. The van der Waals surface area contributed by atoms with E-state index in [0.29, 0.717) is 54.5 Å². The molecule has 4 aliphatic rings. The van der Waals surface area contributed by atoms with Crippen LogP contribution in [0.2, 0.25) is 0 Å². The van der Waals surface area contributed by atoms with Gasteiger partial charge in [0, 0.05) is 55.3 Å². The largest absolute Gasteiger partial charge is 0.444 e. The molecule has 4 aliphatic heterocycles. The molecule has 3 saturated heterocycles. The van der Waals surface area contributed by atoms with Crippen LogP contribution in [0.4, 0.5) is 35.1 Å². The zero-order valence-electron chi connectivity index (χ0n) is 34.9. The number of ether oxygens (including phenoxy) is 3. The number of carbonyl (C=O) groups excluding carboxylic acids is 2. The van der Waals surface area contributed by atoms with Crippen molar-refractivity contribution in [3.63, 3.8) is 0 Å². The van der Waals surface area contributed by atoms with Crippen molar-refractivity contribution in [2.75, 3.05) is 54.4 Å². The van der Waals surface area contributed by atoms with E-state index in [-0.39, 0.29) is 74.9 Å². The van der Waals surface area contributed by atoms with Gasteiger partial charge in [0.05, 0.1) is 40.8 Å². The SMILES string of the molecule is CCN(CC)[C@H]1CCN(c2nc(N3C4CCC3CN(C(=O)OC(C)(C)C)C4)c3c4c(c(-c5ncc(F)c6sc(NC(=O)OC(C)(C)C)c(C#N)c56)c(F)c3n2)COC4)C1. The molecule has 2 bridgehead atoms. The number of nitrogens with one attached hydrogen (secondary N) is 1. The van der Waals surface area contributed by atoms with E-state index in [0.717, 1.165) is 49.9 Å². The lowest BCUT2D eigenvalue weighted by Crippen LogP contribution is -2.56. The van der Waals surface area contributed by atoms with Crippen LogP contribution in [0.3, 0.4) is 0 Å². The number of halogens is 2. The van der Waals surface area contributed by atoms with Gasteiger partial charge in [-0.2, -0.15) is 10.2 Å². The third-order valence-corrected chi connectivity index (χ3v) is 12.7. The van der Waals surface area contributed by atoms with Gasteiger partial charge in [-0.1, -0.05) is 13.8 Å². The summed E-state index contributed by atoms with van der Waals surface area (Å²) in [6.45, 7) is 19.1. The number of likely N-dealkylation sites (N-methyl/N-ethyl adjacent to an activating group) is 1. The Morgan fingerprint density at radius 2 is 1.66 bits per heavy atom. The molecule has 17 heteroatoms. The number of thiophene rings is 1. The third-order valence-electron chi connectivity index (χ3n) is 11.6. The standard InChI is InChI=1S/C42H51F2N9O5S/c1-9-50(10-2)22-13-14-51(17-22)38-47-34-31(36(48-38)53-23-11-12-24(53)19-52(18-23)40(55)58-42(6,7)8)27-21-56-20-26(27)29(32(34)44)33-30-25(15-45)37(49-39(54)57-41(3,4)5)59-35(30)28(43)16-46-33/h16,22-24H,9-14,17-21H2,1-8H3,(H,49,54)/t22-,23?,24?/m0/s1. The molecule has 1 aromatic carbocycles. The van der Waals surface area contributed by atoms with Gasteiger partial charge in [-0.05, 0) is 85.0 Å². The summed E-state index contributed by atoms with van der Waals surface area (Å²) in [6, 6.07) is 2.18. The number of nitriles is 1. The lowest BCUT2D eigenvalue weighted by molar-refractivity contribution is 0.0209.